The number of aliphatic imine (C=N–C) groups is 1. The number of rotatable bonds is 7. The van der Waals surface area contributed by atoms with Gasteiger partial charge in [0, 0.05) is 55.1 Å². The molecule has 0 amide bonds. The zero-order chi connectivity index (χ0) is 20.2. The molecule has 0 radical (unpaired) electrons. The molecular formula is C18H33N5O2S2. The van der Waals surface area contributed by atoms with Crippen LogP contribution < -0.4 is 15.4 Å². The average Bonchev–Trinajstić information content (AvgIpc) is 3.13. The van der Waals surface area contributed by atoms with Crippen LogP contribution in [-0.2, 0) is 10.0 Å². The van der Waals surface area contributed by atoms with E-state index < -0.39 is 10.0 Å². The maximum absolute atomic E-state index is 12.4. The highest BCUT2D eigenvalue weighted by molar-refractivity contribution is 7.89. The molecule has 0 spiro atoms. The van der Waals surface area contributed by atoms with Crippen molar-refractivity contribution in [2.75, 3.05) is 33.2 Å². The molecule has 2 atom stereocenters. The van der Waals surface area contributed by atoms with Crippen LogP contribution in [0.3, 0.4) is 0 Å². The van der Waals surface area contributed by atoms with Gasteiger partial charge in [0.2, 0.25) is 10.0 Å². The van der Waals surface area contributed by atoms with E-state index >= 15 is 0 Å². The fraction of sp³-hybridized carbons (Fsp3) is 0.722. The van der Waals surface area contributed by atoms with Gasteiger partial charge in [-0.2, -0.15) is 0 Å². The van der Waals surface area contributed by atoms with Crippen LogP contribution in [0.1, 0.15) is 30.5 Å². The Kier molecular flexibility index (Phi) is 7.67. The molecule has 27 heavy (non-hydrogen) atoms. The quantitative estimate of drug-likeness (QED) is 0.357. The average molecular weight is 416 g/mol. The number of aryl methyl sites for hydroxylation is 2. The Bertz CT molecular complexity index is 758. The molecule has 7 nitrogen and oxygen atoms in total. The van der Waals surface area contributed by atoms with Gasteiger partial charge in [0.15, 0.2) is 5.96 Å². The summed E-state index contributed by atoms with van der Waals surface area (Å²) in [5.41, 5.74) is 0. The van der Waals surface area contributed by atoms with Crippen LogP contribution in [0.15, 0.2) is 16.0 Å². The van der Waals surface area contributed by atoms with E-state index in [9.17, 15) is 8.42 Å². The van der Waals surface area contributed by atoms with Crippen LogP contribution in [0.2, 0.25) is 0 Å². The van der Waals surface area contributed by atoms with Gasteiger partial charge in [-0.25, -0.2) is 13.1 Å². The first-order valence-electron chi connectivity index (χ1n) is 9.42. The van der Waals surface area contributed by atoms with Gasteiger partial charge >= 0.3 is 0 Å². The van der Waals surface area contributed by atoms with Crippen molar-refractivity contribution in [1.82, 2.24) is 20.3 Å². The number of hydrogen-bond acceptors (Lipinski definition) is 5. The van der Waals surface area contributed by atoms with Gasteiger partial charge in [-0.3, -0.25) is 9.89 Å². The Morgan fingerprint density at radius 1 is 1.33 bits per heavy atom. The highest BCUT2D eigenvalue weighted by atomic mass is 32.2. The van der Waals surface area contributed by atoms with E-state index in [-0.39, 0.29) is 0 Å². The second kappa shape index (κ2) is 9.36. The van der Waals surface area contributed by atoms with E-state index in [1.807, 2.05) is 13.8 Å². The van der Waals surface area contributed by atoms with E-state index in [0.29, 0.717) is 41.9 Å². The van der Waals surface area contributed by atoms with Gasteiger partial charge in [-0.05, 0) is 39.7 Å². The predicted molar refractivity (Wildman–Crippen MR) is 113 cm³/mol. The number of sulfonamides is 1. The summed E-state index contributed by atoms with van der Waals surface area (Å²) < 4.78 is 27.5. The number of thiophene rings is 1. The van der Waals surface area contributed by atoms with Crippen molar-refractivity contribution in [3.05, 3.63) is 15.8 Å². The Balaban J connectivity index is 1.81. The molecule has 3 N–H and O–H groups in total. The largest absolute Gasteiger partial charge is 0.355 e. The standard InChI is InChI=1S/C18H33N5O2S2/c1-12(2)23-10-13(3)16(11-23)22-18(19-6)20-7-8-21-27(24,25)17-9-14(4)26-15(17)5/h9,12-13,16,21H,7-8,10-11H2,1-6H3,(H2,19,20,22). The van der Waals surface area contributed by atoms with Crippen LogP contribution in [0.5, 0.6) is 0 Å². The molecule has 0 bridgehead atoms. The number of likely N-dealkylation sites (tertiary alicyclic amines) is 1. The third-order valence-corrected chi connectivity index (χ3v) is 7.59. The van der Waals surface area contributed by atoms with E-state index in [0.717, 1.165) is 22.8 Å². The zero-order valence-electron chi connectivity index (χ0n) is 17.2. The minimum absolute atomic E-state index is 0.301. The first-order chi connectivity index (χ1) is 12.6. The maximum atomic E-state index is 12.4. The molecule has 1 fully saturated rings. The molecule has 154 valence electrons. The highest BCUT2D eigenvalue weighted by Crippen LogP contribution is 2.24. The van der Waals surface area contributed by atoms with Crippen molar-refractivity contribution in [1.29, 1.82) is 0 Å². The van der Waals surface area contributed by atoms with Crippen molar-refractivity contribution in [2.45, 2.75) is 51.6 Å². The zero-order valence-corrected chi connectivity index (χ0v) is 18.8. The lowest BCUT2D eigenvalue weighted by Gasteiger charge is -2.22. The molecule has 0 aromatic carbocycles. The maximum Gasteiger partial charge on any atom is 0.241 e. The molecule has 1 aromatic heterocycles. The summed E-state index contributed by atoms with van der Waals surface area (Å²) >= 11 is 1.50. The second-order valence-corrected chi connectivity index (χ2v) is 10.6. The van der Waals surface area contributed by atoms with E-state index in [4.69, 9.17) is 0 Å². The lowest BCUT2D eigenvalue weighted by Crippen LogP contribution is -2.48. The first kappa shape index (κ1) is 22.1. The van der Waals surface area contributed by atoms with Crippen LogP contribution in [0.25, 0.3) is 0 Å². The topological polar surface area (TPSA) is 85.8 Å². The third-order valence-electron chi connectivity index (χ3n) is 4.91. The molecule has 9 heteroatoms. The van der Waals surface area contributed by atoms with Crippen molar-refractivity contribution in [2.24, 2.45) is 10.9 Å². The Labute approximate surface area is 167 Å². The van der Waals surface area contributed by atoms with Crippen LogP contribution >= 0.6 is 11.3 Å². The van der Waals surface area contributed by atoms with Crippen LogP contribution in [-0.4, -0.2) is 64.6 Å². The molecule has 0 saturated carbocycles. The Morgan fingerprint density at radius 3 is 2.56 bits per heavy atom. The number of hydrogen-bond donors (Lipinski definition) is 3. The van der Waals surface area contributed by atoms with Gasteiger partial charge in [0.1, 0.15) is 0 Å². The molecule has 2 unspecified atom stereocenters. The summed E-state index contributed by atoms with van der Waals surface area (Å²) in [4.78, 5) is 8.91. The van der Waals surface area contributed by atoms with Gasteiger partial charge in [0.05, 0.1) is 4.90 Å². The molecule has 1 aliphatic rings. The molecule has 1 aromatic rings. The van der Waals surface area contributed by atoms with Gasteiger partial charge in [0.25, 0.3) is 0 Å². The van der Waals surface area contributed by atoms with Crippen molar-refractivity contribution in [3.63, 3.8) is 0 Å². The number of nitrogens with zero attached hydrogens (tertiary/aromatic N) is 2. The molecule has 0 aliphatic carbocycles. The summed E-state index contributed by atoms with van der Waals surface area (Å²) in [6.07, 6.45) is 0. The fourth-order valence-electron chi connectivity index (χ4n) is 3.30. The summed E-state index contributed by atoms with van der Waals surface area (Å²) in [7, 11) is -1.74. The summed E-state index contributed by atoms with van der Waals surface area (Å²) in [5, 5.41) is 6.66. The predicted octanol–water partition coefficient (Wildman–Crippen LogP) is 1.54. The summed E-state index contributed by atoms with van der Waals surface area (Å²) in [5.74, 6) is 1.24. The van der Waals surface area contributed by atoms with Crippen molar-refractivity contribution < 1.29 is 8.42 Å². The van der Waals surface area contributed by atoms with Crippen LogP contribution in [0, 0.1) is 19.8 Å². The molecule has 1 saturated heterocycles. The second-order valence-electron chi connectivity index (χ2n) is 7.45. The van der Waals surface area contributed by atoms with Crippen molar-refractivity contribution >= 4 is 27.3 Å². The normalized spacial score (nSPS) is 21.8. The minimum Gasteiger partial charge on any atom is -0.355 e. The summed E-state index contributed by atoms with van der Waals surface area (Å²) in [6.45, 7) is 13.3. The van der Waals surface area contributed by atoms with Gasteiger partial charge in [-0.1, -0.05) is 6.92 Å². The number of guanidine groups is 1. The Hall–Kier alpha value is -1.16. The Morgan fingerprint density at radius 2 is 2.04 bits per heavy atom. The lowest BCUT2D eigenvalue weighted by atomic mass is 10.1. The smallest absolute Gasteiger partial charge is 0.241 e. The highest BCUT2D eigenvalue weighted by Gasteiger charge is 2.31. The van der Waals surface area contributed by atoms with Gasteiger partial charge < -0.3 is 10.6 Å². The summed E-state index contributed by atoms with van der Waals surface area (Å²) in [6, 6.07) is 2.60. The third kappa shape index (κ3) is 5.91. The fourth-order valence-corrected chi connectivity index (χ4v) is 5.89. The van der Waals surface area contributed by atoms with Crippen molar-refractivity contribution in [3.8, 4) is 0 Å². The van der Waals surface area contributed by atoms with E-state index in [2.05, 4.69) is 46.0 Å². The van der Waals surface area contributed by atoms with E-state index in [1.165, 1.54) is 11.3 Å². The first-order valence-corrected chi connectivity index (χ1v) is 11.7. The molecule has 2 rings (SSSR count). The SMILES string of the molecule is CN=C(NCCNS(=O)(=O)c1cc(C)sc1C)NC1CN(C(C)C)CC1C. The van der Waals surface area contributed by atoms with E-state index in [1.54, 1.807) is 13.1 Å². The lowest BCUT2D eigenvalue weighted by molar-refractivity contribution is 0.265. The minimum atomic E-state index is -3.47. The monoisotopic (exact) mass is 415 g/mol. The number of nitrogens with one attached hydrogen (secondary N) is 3. The van der Waals surface area contributed by atoms with Gasteiger partial charge in [-0.15, -0.1) is 11.3 Å². The molecular weight excluding hydrogens is 382 g/mol. The molecule has 1 aliphatic heterocycles. The molecule has 2 heterocycles. The van der Waals surface area contributed by atoms with Crippen LogP contribution in [0.4, 0.5) is 0 Å².